The Morgan fingerprint density at radius 2 is 2.07 bits per heavy atom. The molecule has 10 heteroatoms. The van der Waals surface area contributed by atoms with Crippen molar-refractivity contribution in [1.82, 2.24) is 9.46 Å². The number of halogens is 1. The lowest BCUT2D eigenvalue weighted by Gasteiger charge is -2.12. The highest BCUT2D eigenvalue weighted by atomic mass is 32.2. The molecule has 3 aromatic rings. The Bertz CT molecular complexity index is 1060. The van der Waals surface area contributed by atoms with Gasteiger partial charge in [0, 0.05) is 20.2 Å². The molecule has 3 rings (SSSR count). The molecule has 142 valence electrons. The summed E-state index contributed by atoms with van der Waals surface area (Å²) in [5.74, 6) is -1.34. The van der Waals surface area contributed by atoms with Gasteiger partial charge in [0.25, 0.3) is 0 Å². The molecule has 0 radical (unpaired) electrons. The summed E-state index contributed by atoms with van der Waals surface area (Å²) in [5, 5.41) is 5.68. The molecule has 0 saturated heterocycles. The maximum atomic E-state index is 14.0. The molecule has 0 saturated carbocycles. The summed E-state index contributed by atoms with van der Waals surface area (Å²) >= 11 is 1.47. The van der Waals surface area contributed by atoms with E-state index in [9.17, 15) is 17.6 Å². The van der Waals surface area contributed by atoms with Crippen molar-refractivity contribution in [3.8, 4) is 10.6 Å². The maximum absolute atomic E-state index is 14.0. The highest BCUT2D eigenvalue weighted by Gasteiger charge is 2.22. The van der Waals surface area contributed by atoms with Gasteiger partial charge in [0.2, 0.25) is 10.0 Å². The van der Waals surface area contributed by atoms with Crippen molar-refractivity contribution < 1.29 is 26.9 Å². The van der Waals surface area contributed by atoms with Crippen LogP contribution < -0.4 is 0 Å². The highest BCUT2D eigenvalue weighted by Crippen LogP contribution is 2.25. The number of rotatable bonds is 6. The number of thiophene rings is 1. The summed E-state index contributed by atoms with van der Waals surface area (Å²) in [6, 6.07) is 8.28. The van der Waals surface area contributed by atoms with Crippen LogP contribution in [0.15, 0.2) is 51.2 Å². The van der Waals surface area contributed by atoms with Gasteiger partial charge in [0.1, 0.15) is 18.1 Å². The molecule has 2 aromatic heterocycles. The van der Waals surface area contributed by atoms with E-state index in [0.717, 1.165) is 27.4 Å². The fourth-order valence-electron chi connectivity index (χ4n) is 2.16. The topological polar surface area (TPSA) is 89.7 Å². The monoisotopic (exact) mass is 410 g/mol. The predicted octanol–water partition coefficient (Wildman–Crippen LogP) is 3.15. The molecule has 0 aliphatic carbocycles. The van der Waals surface area contributed by atoms with Crippen molar-refractivity contribution in [2.24, 2.45) is 0 Å². The molecule has 0 aliphatic rings. The second kappa shape index (κ2) is 7.59. The first-order valence-corrected chi connectivity index (χ1v) is 9.99. The van der Waals surface area contributed by atoms with Crippen molar-refractivity contribution >= 4 is 27.3 Å². The van der Waals surface area contributed by atoms with Gasteiger partial charge in [-0.05, 0) is 29.6 Å². The fraction of sp³-hybridized carbons (Fsp3) is 0.176. The van der Waals surface area contributed by atoms with E-state index in [1.807, 2.05) is 17.5 Å². The van der Waals surface area contributed by atoms with Gasteiger partial charge in [-0.25, -0.2) is 21.9 Å². The molecule has 0 spiro atoms. The smallest absolute Gasteiger partial charge is 0.341 e. The SMILES string of the molecule is CN(C)S(=O)(=O)c1ccc(F)c(C(=O)OCc2cc(-c3cccs3)on2)c1. The van der Waals surface area contributed by atoms with Gasteiger partial charge in [-0.15, -0.1) is 11.3 Å². The molecule has 1 aromatic carbocycles. The first kappa shape index (κ1) is 19.2. The largest absolute Gasteiger partial charge is 0.455 e. The molecule has 0 bridgehead atoms. The molecule has 0 N–H and O–H groups in total. The van der Waals surface area contributed by atoms with Gasteiger partial charge in [-0.1, -0.05) is 11.2 Å². The Morgan fingerprint density at radius 3 is 2.74 bits per heavy atom. The van der Waals surface area contributed by atoms with Crippen LogP contribution in [-0.2, 0) is 21.4 Å². The van der Waals surface area contributed by atoms with Crippen LogP contribution in [0.4, 0.5) is 4.39 Å². The zero-order valence-electron chi connectivity index (χ0n) is 14.4. The number of ether oxygens (including phenoxy) is 1. The Morgan fingerprint density at radius 1 is 1.30 bits per heavy atom. The third-order valence-electron chi connectivity index (χ3n) is 3.61. The average Bonchev–Trinajstić information content (AvgIpc) is 3.31. The summed E-state index contributed by atoms with van der Waals surface area (Å²) < 4.78 is 49.5. The number of benzene rings is 1. The van der Waals surface area contributed by atoms with Crippen LogP contribution in [0.2, 0.25) is 0 Å². The first-order valence-electron chi connectivity index (χ1n) is 7.67. The second-order valence-corrected chi connectivity index (χ2v) is 8.76. The van der Waals surface area contributed by atoms with E-state index in [-0.39, 0.29) is 11.5 Å². The van der Waals surface area contributed by atoms with Gasteiger partial charge in [-0.3, -0.25) is 0 Å². The normalized spacial score (nSPS) is 11.7. The molecule has 0 aliphatic heterocycles. The van der Waals surface area contributed by atoms with Crippen LogP contribution in [0, 0.1) is 5.82 Å². The van der Waals surface area contributed by atoms with E-state index in [2.05, 4.69) is 5.16 Å². The van der Waals surface area contributed by atoms with E-state index in [1.54, 1.807) is 6.07 Å². The minimum absolute atomic E-state index is 0.206. The van der Waals surface area contributed by atoms with Gasteiger partial charge in [-0.2, -0.15) is 0 Å². The number of carbonyl (C=O) groups is 1. The second-order valence-electron chi connectivity index (χ2n) is 5.67. The standard InChI is InChI=1S/C17H15FN2O5S2/c1-20(2)27(22,23)12-5-6-14(18)13(9-12)17(21)24-10-11-8-15(25-19-11)16-4-3-7-26-16/h3-9H,10H2,1-2H3. The minimum Gasteiger partial charge on any atom is -0.455 e. The van der Waals surface area contributed by atoms with E-state index >= 15 is 0 Å². The zero-order chi connectivity index (χ0) is 19.6. The van der Waals surface area contributed by atoms with E-state index in [1.165, 1.54) is 25.4 Å². The van der Waals surface area contributed by atoms with Crippen molar-refractivity contribution in [2.75, 3.05) is 14.1 Å². The molecule has 0 amide bonds. The molecule has 0 atom stereocenters. The van der Waals surface area contributed by atoms with Crippen LogP contribution >= 0.6 is 11.3 Å². The van der Waals surface area contributed by atoms with Crippen molar-refractivity contribution in [2.45, 2.75) is 11.5 Å². The Balaban J connectivity index is 1.75. The van der Waals surface area contributed by atoms with Crippen molar-refractivity contribution in [3.05, 3.63) is 58.9 Å². The number of nitrogens with zero attached hydrogens (tertiary/aromatic N) is 2. The zero-order valence-corrected chi connectivity index (χ0v) is 16.0. The number of esters is 1. The van der Waals surface area contributed by atoms with Crippen molar-refractivity contribution in [1.29, 1.82) is 0 Å². The van der Waals surface area contributed by atoms with Crippen molar-refractivity contribution in [3.63, 3.8) is 0 Å². The van der Waals surface area contributed by atoms with E-state index in [0.29, 0.717) is 11.5 Å². The third kappa shape index (κ3) is 4.07. The number of aromatic nitrogens is 1. The van der Waals surface area contributed by atoms with Gasteiger partial charge in [0.05, 0.1) is 15.3 Å². The summed E-state index contributed by atoms with van der Waals surface area (Å²) in [5.41, 5.74) is -0.121. The Hall–Kier alpha value is -2.56. The molecule has 0 unspecified atom stereocenters. The summed E-state index contributed by atoms with van der Waals surface area (Å²) in [7, 11) is -1.13. The van der Waals surface area contributed by atoms with Gasteiger partial charge < -0.3 is 9.26 Å². The summed E-state index contributed by atoms with van der Waals surface area (Å²) in [4.78, 5) is 12.9. The lowest BCUT2D eigenvalue weighted by molar-refractivity contribution is 0.0458. The molecular formula is C17H15FN2O5S2. The molecule has 2 heterocycles. The van der Waals surface area contributed by atoms with Gasteiger partial charge in [0.15, 0.2) is 5.76 Å². The van der Waals surface area contributed by atoms with Crippen LogP contribution in [0.3, 0.4) is 0 Å². The third-order valence-corrected chi connectivity index (χ3v) is 6.31. The highest BCUT2D eigenvalue weighted by molar-refractivity contribution is 7.89. The van der Waals surface area contributed by atoms with Gasteiger partial charge >= 0.3 is 5.97 Å². The van der Waals surface area contributed by atoms with E-state index < -0.39 is 27.4 Å². The van der Waals surface area contributed by atoms with Crippen LogP contribution in [-0.4, -0.2) is 37.9 Å². The number of hydrogen-bond donors (Lipinski definition) is 0. The molecule has 0 fully saturated rings. The lowest BCUT2D eigenvalue weighted by atomic mass is 10.2. The van der Waals surface area contributed by atoms with Crippen LogP contribution in [0.5, 0.6) is 0 Å². The number of sulfonamides is 1. The number of carbonyl (C=O) groups excluding carboxylic acids is 1. The minimum atomic E-state index is -3.81. The quantitative estimate of drug-likeness (QED) is 0.580. The summed E-state index contributed by atoms with van der Waals surface area (Å²) in [6.45, 7) is -0.238. The molecule has 27 heavy (non-hydrogen) atoms. The number of hydrogen-bond acceptors (Lipinski definition) is 7. The van der Waals surface area contributed by atoms with Crippen LogP contribution in [0.1, 0.15) is 16.1 Å². The van der Waals surface area contributed by atoms with Crippen LogP contribution in [0.25, 0.3) is 10.6 Å². The lowest BCUT2D eigenvalue weighted by Crippen LogP contribution is -2.22. The molecule has 7 nitrogen and oxygen atoms in total. The average molecular weight is 410 g/mol. The predicted molar refractivity (Wildman–Crippen MR) is 96.2 cm³/mol. The fourth-order valence-corrected chi connectivity index (χ4v) is 3.77. The Labute approximate surface area is 159 Å². The van der Waals surface area contributed by atoms with E-state index in [4.69, 9.17) is 9.26 Å². The maximum Gasteiger partial charge on any atom is 0.341 e. The first-order chi connectivity index (χ1) is 12.8. The molecular weight excluding hydrogens is 395 g/mol. The Kier molecular flexibility index (Phi) is 5.40. The summed E-state index contributed by atoms with van der Waals surface area (Å²) in [6.07, 6.45) is 0.